The summed E-state index contributed by atoms with van der Waals surface area (Å²) >= 11 is 1.61. The van der Waals surface area contributed by atoms with Crippen LogP contribution in [0.5, 0.6) is 0 Å². The summed E-state index contributed by atoms with van der Waals surface area (Å²) in [6, 6.07) is 7.76. The first-order chi connectivity index (χ1) is 8.81. The number of nitrogens with one attached hydrogen (secondary N) is 2. The normalized spacial score (nSPS) is 19.5. The molecule has 3 nitrogen and oxygen atoms in total. The fourth-order valence-corrected chi connectivity index (χ4v) is 2.86. The Morgan fingerprint density at radius 1 is 1.50 bits per heavy atom. The first-order valence-corrected chi connectivity index (χ1v) is 7.65. The van der Waals surface area contributed by atoms with E-state index in [1.54, 1.807) is 11.8 Å². The van der Waals surface area contributed by atoms with E-state index in [2.05, 4.69) is 10.6 Å². The number of rotatable bonds is 4. The highest BCUT2D eigenvalue weighted by molar-refractivity contribution is 7.98. The Morgan fingerprint density at radius 2 is 2.33 bits per heavy atom. The lowest BCUT2D eigenvalue weighted by Gasteiger charge is -2.23. The molecule has 0 spiro atoms. The van der Waals surface area contributed by atoms with Crippen LogP contribution in [0.25, 0.3) is 0 Å². The molecule has 2 N–H and O–H groups in total. The molecule has 1 atom stereocenters. The predicted molar refractivity (Wildman–Crippen MR) is 76.1 cm³/mol. The van der Waals surface area contributed by atoms with Crippen molar-refractivity contribution >= 4 is 17.7 Å². The van der Waals surface area contributed by atoms with Crippen LogP contribution in [-0.4, -0.2) is 31.8 Å². The Balaban J connectivity index is 1.90. The number of hydrogen-bond acceptors (Lipinski definition) is 3. The minimum absolute atomic E-state index is 0.0468. The van der Waals surface area contributed by atoms with E-state index in [9.17, 15) is 4.79 Å². The number of thioether (sulfide) groups is 1. The number of benzene rings is 1. The van der Waals surface area contributed by atoms with E-state index >= 15 is 0 Å². The van der Waals surface area contributed by atoms with Crippen LogP contribution in [0.4, 0.5) is 0 Å². The lowest BCUT2D eigenvalue weighted by molar-refractivity contribution is 0.0942. The van der Waals surface area contributed by atoms with Gasteiger partial charge in [-0.05, 0) is 50.2 Å². The Bertz CT molecular complexity index is 403. The standard InChI is InChI=1S/C14H20N2OS/c1-18-13-7-3-2-6-12(13)14(17)16-10-11-5-4-8-15-9-11/h2-3,6-7,11,15H,4-5,8-10H2,1H3,(H,16,17). The van der Waals surface area contributed by atoms with Crippen LogP contribution in [0.1, 0.15) is 23.2 Å². The molecule has 2 rings (SSSR count). The molecule has 0 aromatic heterocycles. The smallest absolute Gasteiger partial charge is 0.252 e. The van der Waals surface area contributed by atoms with E-state index in [0.717, 1.165) is 30.1 Å². The highest BCUT2D eigenvalue weighted by atomic mass is 32.2. The lowest BCUT2D eigenvalue weighted by atomic mass is 10.00. The fraction of sp³-hybridized carbons (Fsp3) is 0.500. The molecule has 0 saturated carbocycles. The molecule has 18 heavy (non-hydrogen) atoms. The summed E-state index contributed by atoms with van der Waals surface area (Å²) in [5.41, 5.74) is 0.786. The van der Waals surface area contributed by atoms with Crippen molar-refractivity contribution in [2.75, 3.05) is 25.9 Å². The second kappa shape index (κ2) is 6.81. The third-order valence-corrected chi connectivity index (χ3v) is 4.10. The lowest BCUT2D eigenvalue weighted by Crippen LogP contribution is -2.38. The van der Waals surface area contributed by atoms with Gasteiger partial charge in [-0.15, -0.1) is 11.8 Å². The van der Waals surface area contributed by atoms with Crippen molar-refractivity contribution in [2.24, 2.45) is 5.92 Å². The van der Waals surface area contributed by atoms with Crippen molar-refractivity contribution in [1.82, 2.24) is 10.6 Å². The molecular weight excluding hydrogens is 244 g/mol. The highest BCUT2D eigenvalue weighted by Gasteiger charge is 2.15. The van der Waals surface area contributed by atoms with Crippen LogP contribution >= 0.6 is 11.8 Å². The van der Waals surface area contributed by atoms with Gasteiger partial charge in [0.1, 0.15) is 0 Å². The van der Waals surface area contributed by atoms with Gasteiger partial charge in [-0.3, -0.25) is 4.79 Å². The van der Waals surface area contributed by atoms with Crippen molar-refractivity contribution in [2.45, 2.75) is 17.7 Å². The summed E-state index contributed by atoms with van der Waals surface area (Å²) in [7, 11) is 0. The van der Waals surface area contributed by atoms with E-state index in [0.29, 0.717) is 5.92 Å². The minimum atomic E-state index is 0.0468. The van der Waals surface area contributed by atoms with E-state index in [-0.39, 0.29) is 5.91 Å². The van der Waals surface area contributed by atoms with Gasteiger partial charge < -0.3 is 10.6 Å². The quantitative estimate of drug-likeness (QED) is 0.819. The monoisotopic (exact) mass is 264 g/mol. The van der Waals surface area contributed by atoms with Crippen LogP contribution in [-0.2, 0) is 0 Å². The van der Waals surface area contributed by atoms with Crippen LogP contribution in [0.3, 0.4) is 0 Å². The van der Waals surface area contributed by atoms with Gasteiger partial charge in [0, 0.05) is 11.4 Å². The molecule has 4 heteroatoms. The van der Waals surface area contributed by atoms with E-state index < -0.39 is 0 Å². The van der Waals surface area contributed by atoms with Gasteiger partial charge in [0.05, 0.1) is 5.56 Å². The van der Waals surface area contributed by atoms with E-state index in [4.69, 9.17) is 0 Å². The Hall–Kier alpha value is -1.00. The first kappa shape index (κ1) is 13.4. The number of amides is 1. The summed E-state index contributed by atoms with van der Waals surface area (Å²) in [6.07, 6.45) is 4.41. The summed E-state index contributed by atoms with van der Waals surface area (Å²) in [5.74, 6) is 0.620. The summed E-state index contributed by atoms with van der Waals surface area (Å²) < 4.78 is 0. The molecule has 1 aromatic rings. The van der Waals surface area contributed by atoms with Gasteiger partial charge in [-0.2, -0.15) is 0 Å². The first-order valence-electron chi connectivity index (χ1n) is 6.43. The number of piperidine rings is 1. The molecule has 1 amide bonds. The fourth-order valence-electron chi connectivity index (χ4n) is 2.26. The largest absolute Gasteiger partial charge is 0.352 e. The molecule has 0 bridgehead atoms. The molecule has 0 aliphatic carbocycles. The van der Waals surface area contributed by atoms with Gasteiger partial charge in [-0.25, -0.2) is 0 Å². The minimum Gasteiger partial charge on any atom is -0.352 e. The van der Waals surface area contributed by atoms with Crippen molar-refractivity contribution < 1.29 is 4.79 Å². The van der Waals surface area contributed by atoms with Gasteiger partial charge in [-0.1, -0.05) is 12.1 Å². The highest BCUT2D eigenvalue weighted by Crippen LogP contribution is 2.19. The average molecular weight is 264 g/mol. The molecule has 1 aliphatic heterocycles. The van der Waals surface area contributed by atoms with Crippen LogP contribution in [0, 0.1) is 5.92 Å². The topological polar surface area (TPSA) is 41.1 Å². The Morgan fingerprint density at radius 3 is 3.06 bits per heavy atom. The van der Waals surface area contributed by atoms with Crippen LogP contribution in [0.2, 0.25) is 0 Å². The molecule has 1 unspecified atom stereocenters. The molecule has 1 heterocycles. The second-order valence-corrected chi connectivity index (χ2v) is 5.47. The van der Waals surface area contributed by atoms with Crippen molar-refractivity contribution in [1.29, 1.82) is 0 Å². The maximum atomic E-state index is 12.1. The number of carbonyl (C=O) groups excluding carboxylic acids is 1. The van der Waals surface area contributed by atoms with Crippen molar-refractivity contribution in [3.63, 3.8) is 0 Å². The van der Waals surface area contributed by atoms with Gasteiger partial charge in [0.15, 0.2) is 0 Å². The number of carbonyl (C=O) groups is 1. The summed E-state index contributed by atoms with van der Waals surface area (Å²) in [4.78, 5) is 13.2. The summed E-state index contributed by atoms with van der Waals surface area (Å²) in [6.45, 7) is 2.90. The summed E-state index contributed by atoms with van der Waals surface area (Å²) in [5, 5.41) is 6.42. The Kier molecular flexibility index (Phi) is 5.08. The third-order valence-electron chi connectivity index (χ3n) is 3.30. The van der Waals surface area contributed by atoms with Crippen LogP contribution in [0.15, 0.2) is 29.2 Å². The van der Waals surface area contributed by atoms with Gasteiger partial charge in [0.25, 0.3) is 5.91 Å². The molecule has 1 aromatic carbocycles. The maximum absolute atomic E-state index is 12.1. The molecule has 1 aliphatic rings. The van der Waals surface area contributed by atoms with Crippen molar-refractivity contribution in [3.8, 4) is 0 Å². The third kappa shape index (κ3) is 3.50. The van der Waals surface area contributed by atoms with E-state index in [1.807, 2.05) is 30.5 Å². The predicted octanol–water partition coefficient (Wildman–Crippen LogP) is 2.14. The Labute approximate surface area is 113 Å². The second-order valence-electron chi connectivity index (χ2n) is 4.62. The zero-order chi connectivity index (χ0) is 12.8. The molecular formula is C14H20N2OS. The average Bonchev–Trinajstić information content (AvgIpc) is 2.45. The van der Waals surface area contributed by atoms with Gasteiger partial charge >= 0.3 is 0 Å². The SMILES string of the molecule is CSc1ccccc1C(=O)NCC1CCCNC1. The van der Waals surface area contributed by atoms with E-state index in [1.165, 1.54) is 12.8 Å². The zero-order valence-electron chi connectivity index (χ0n) is 10.7. The zero-order valence-corrected chi connectivity index (χ0v) is 11.6. The van der Waals surface area contributed by atoms with Crippen molar-refractivity contribution in [3.05, 3.63) is 29.8 Å². The molecule has 0 radical (unpaired) electrons. The van der Waals surface area contributed by atoms with Crippen LogP contribution < -0.4 is 10.6 Å². The molecule has 1 saturated heterocycles. The van der Waals surface area contributed by atoms with Gasteiger partial charge in [0.2, 0.25) is 0 Å². The maximum Gasteiger partial charge on any atom is 0.252 e. The number of hydrogen-bond donors (Lipinski definition) is 2. The molecule has 1 fully saturated rings. The molecule has 98 valence electrons.